The van der Waals surface area contributed by atoms with Crippen molar-refractivity contribution >= 4 is 21.6 Å². The molecule has 128 valence electrons. The molecule has 0 aliphatic carbocycles. The van der Waals surface area contributed by atoms with Crippen LogP contribution in [0.5, 0.6) is 0 Å². The van der Waals surface area contributed by atoms with Crippen molar-refractivity contribution in [1.29, 1.82) is 0 Å². The molecule has 1 aromatic carbocycles. The number of hydrogen-bond acceptors (Lipinski definition) is 4. The summed E-state index contributed by atoms with van der Waals surface area (Å²) in [6, 6.07) is 8.85. The molecule has 0 bridgehead atoms. The highest BCUT2D eigenvalue weighted by Gasteiger charge is 2.26. The van der Waals surface area contributed by atoms with Crippen LogP contribution >= 0.6 is 0 Å². The van der Waals surface area contributed by atoms with E-state index in [-0.39, 0.29) is 17.4 Å². The third-order valence-electron chi connectivity index (χ3n) is 4.04. The van der Waals surface area contributed by atoms with E-state index in [1.165, 1.54) is 10.6 Å². The van der Waals surface area contributed by atoms with Gasteiger partial charge in [-0.3, -0.25) is 4.79 Å². The number of nitrogens with zero attached hydrogens (tertiary/aromatic N) is 1. The first-order valence-corrected chi connectivity index (χ1v) is 9.55. The van der Waals surface area contributed by atoms with Crippen LogP contribution in [0.1, 0.15) is 35.0 Å². The zero-order valence-electron chi connectivity index (χ0n) is 13.5. The minimum absolute atomic E-state index is 0.164. The number of sulfonamides is 1. The minimum atomic E-state index is -3.22. The van der Waals surface area contributed by atoms with Crippen LogP contribution in [0, 0.1) is 0 Å². The fourth-order valence-corrected chi connectivity index (χ4v) is 4.31. The first-order chi connectivity index (χ1) is 11.5. The topological polar surface area (TPSA) is 79.6 Å². The molecule has 1 aliphatic heterocycles. The molecule has 0 spiro atoms. The Bertz CT molecular complexity index is 828. The SMILES string of the molecule is CCCS(=O)(=O)N1CCc2ccc(NC(=O)c3ccco3)cc2C1. The Hall–Kier alpha value is -2.12. The molecule has 0 radical (unpaired) electrons. The van der Waals surface area contributed by atoms with E-state index in [2.05, 4.69) is 5.32 Å². The summed E-state index contributed by atoms with van der Waals surface area (Å²) in [7, 11) is -3.22. The van der Waals surface area contributed by atoms with E-state index in [4.69, 9.17) is 4.42 Å². The molecule has 2 heterocycles. The van der Waals surface area contributed by atoms with Gasteiger partial charge in [0.25, 0.3) is 5.91 Å². The molecular weight excluding hydrogens is 328 g/mol. The molecule has 24 heavy (non-hydrogen) atoms. The maximum Gasteiger partial charge on any atom is 0.291 e. The van der Waals surface area contributed by atoms with Gasteiger partial charge >= 0.3 is 0 Å². The molecule has 1 amide bonds. The first-order valence-electron chi connectivity index (χ1n) is 7.94. The number of carbonyl (C=O) groups is 1. The summed E-state index contributed by atoms with van der Waals surface area (Å²) < 4.78 is 31.1. The van der Waals surface area contributed by atoms with Gasteiger partial charge < -0.3 is 9.73 Å². The number of benzene rings is 1. The van der Waals surface area contributed by atoms with Crippen LogP contribution in [-0.4, -0.2) is 30.9 Å². The Morgan fingerprint density at radius 1 is 1.29 bits per heavy atom. The van der Waals surface area contributed by atoms with Crippen molar-refractivity contribution in [3.63, 3.8) is 0 Å². The predicted octanol–water partition coefficient (Wildman–Crippen LogP) is 2.63. The quantitative estimate of drug-likeness (QED) is 0.901. The molecular formula is C17H20N2O4S. The van der Waals surface area contributed by atoms with Crippen LogP contribution in [0.3, 0.4) is 0 Å². The minimum Gasteiger partial charge on any atom is -0.459 e. The molecule has 0 unspecified atom stereocenters. The van der Waals surface area contributed by atoms with Crippen molar-refractivity contribution in [2.45, 2.75) is 26.3 Å². The van der Waals surface area contributed by atoms with Gasteiger partial charge in [-0.1, -0.05) is 13.0 Å². The summed E-state index contributed by atoms with van der Waals surface area (Å²) in [5, 5.41) is 2.77. The molecule has 1 aromatic heterocycles. The lowest BCUT2D eigenvalue weighted by Gasteiger charge is -2.28. The molecule has 0 atom stereocenters. The zero-order valence-corrected chi connectivity index (χ0v) is 14.3. The molecule has 3 rings (SSSR count). The summed E-state index contributed by atoms with van der Waals surface area (Å²) in [5.74, 6) is 0.0724. The van der Waals surface area contributed by atoms with Crippen molar-refractivity contribution in [3.8, 4) is 0 Å². The first kappa shape index (κ1) is 16.7. The van der Waals surface area contributed by atoms with Crippen molar-refractivity contribution in [2.24, 2.45) is 0 Å². The standard InChI is InChI=1S/C17H20N2O4S/c1-2-10-24(21,22)19-8-7-13-5-6-15(11-14(13)12-19)18-17(20)16-4-3-9-23-16/h3-6,9,11H,2,7-8,10,12H2,1H3,(H,18,20). The Morgan fingerprint density at radius 3 is 2.83 bits per heavy atom. The van der Waals surface area contributed by atoms with Gasteiger partial charge in [-0.25, -0.2) is 8.42 Å². The van der Waals surface area contributed by atoms with Gasteiger partial charge in [0.2, 0.25) is 10.0 Å². The van der Waals surface area contributed by atoms with E-state index in [0.29, 0.717) is 31.6 Å². The average molecular weight is 348 g/mol. The van der Waals surface area contributed by atoms with Gasteiger partial charge in [-0.15, -0.1) is 0 Å². The lowest BCUT2D eigenvalue weighted by atomic mass is 10.0. The van der Waals surface area contributed by atoms with Crippen molar-refractivity contribution in [2.75, 3.05) is 17.6 Å². The van der Waals surface area contributed by atoms with Crippen molar-refractivity contribution in [3.05, 3.63) is 53.5 Å². The summed E-state index contributed by atoms with van der Waals surface area (Å²) in [4.78, 5) is 12.0. The Morgan fingerprint density at radius 2 is 2.12 bits per heavy atom. The molecule has 0 saturated carbocycles. The van der Waals surface area contributed by atoms with Crippen LogP contribution in [0.25, 0.3) is 0 Å². The maximum absolute atomic E-state index is 12.3. The fourth-order valence-electron chi connectivity index (χ4n) is 2.83. The number of amides is 1. The summed E-state index contributed by atoms with van der Waals surface area (Å²) in [5.41, 5.74) is 2.68. The average Bonchev–Trinajstić information content (AvgIpc) is 3.08. The molecule has 1 N–H and O–H groups in total. The maximum atomic E-state index is 12.3. The second-order valence-corrected chi connectivity index (χ2v) is 7.90. The molecule has 7 heteroatoms. The second-order valence-electron chi connectivity index (χ2n) is 5.81. The molecule has 2 aromatic rings. The van der Waals surface area contributed by atoms with Crippen molar-refractivity contribution < 1.29 is 17.6 Å². The van der Waals surface area contributed by atoms with Gasteiger partial charge in [-0.2, -0.15) is 4.31 Å². The lowest BCUT2D eigenvalue weighted by molar-refractivity contribution is 0.0996. The zero-order chi connectivity index (χ0) is 17.2. The van der Waals surface area contributed by atoms with E-state index in [1.54, 1.807) is 12.1 Å². The van der Waals surface area contributed by atoms with E-state index in [0.717, 1.165) is 11.1 Å². The third-order valence-corrected chi connectivity index (χ3v) is 6.06. The Labute approximate surface area is 141 Å². The highest BCUT2D eigenvalue weighted by molar-refractivity contribution is 7.89. The number of nitrogens with one attached hydrogen (secondary N) is 1. The van der Waals surface area contributed by atoms with Crippen LogP contribution in [0.15, 0.2) is 41.0 Å². The smallest absolute Gasteiger partial charge is 0.291 e. The monoisotopic (exact) mass is 348 g/mol. The fraction of sp³-hybridized carbons (Fsp3) is 0.353. The molecule has 1 aliphatic rings. The van der Waals surface area contributed by atoms with Crippen LogP contribution in [0.2, 0.25) is 0 Å². The van der Waals surface area contributed by atoms with Crippen LogP contribution < -0.4 is 5.32 Å². The van der Waals surface area contributed by atoms with Gasteiger partial charge in [-0.05, 0) is 48.2 Å². The predicted molar refractivity (Wildman–Crippen MR) is 91.3 cm³/mol. The van der Waals surface area contributed by atoms with Crippen LogP contribution in [0.4, 0.5) is 5.69 Å². The Kier molecular flexibility index (Phi) is 4.73. The van der Waals surface area contributed by atoms with Crippen molar-refractivity contribution in [1.82, 2.24) is 4.31 Å². The molecule has 0 saturated heterocycles. The van der Waals surface area contributed by atoms with Crippen LogP contribution in [-0.2, 0) is 23.0 Å². The van der Waals surface area contributed by atoms with E-state index >= 15 is 0 Å². The van der Waals surface area contributed by atoms with Gasteiger partial charge in [0.15, 0.2) is 5.76 Å². The number of rotatable bonds is 5. The largest absolute Gasteiger partial charge is 0.459 e. The summed E-state index contributed by atoms with van der Waals surface area (Å²) >= 11 is 0. The highest BCUT2D eigenvalue weighted by atomic mass is 32.2. The molecule has 0 fully saturated rings. The number of furan rings is 1. The van der Waals surface area contributed by atoms with E-state index < -0.39 is 10.0 Å². The summed E-state index contributed by atoms with van der Waals surface area (Å²) in [6.07, 6.45) is 2.73. The number of anilines is 1. The highest BCUT2D eigenvalue weighted by Crippen LogP contribution is 2.25. The second kappa shape index (κ2) is 6.78. The lowest BCUT2D eigenvalue weighted by Crippen LogP contribution is -2.37. The van der Waals surface area contributed by atoms with Gasteiger partial charge in [0.05, 0.1) is 12.0 Å². The van der Waals surface area contributed by atoms with Gasteiger partial charge in [0, 0.05) is 18.8 Å². The normalized spacial score (nSPS) is 15.0. The number of hydrogen-bond donors (Lipinski definition) is 1. The summed E-state index contributed by atoms with van der Waals surface area (Å²) in [6.45, 7) is 2.72. The van der Waals surface area contributed by atoms with E-state index in [1.807, 2.05) is 25.1 Å². The van der Waals surface area contributed by atoms with Gasteiger partial charge in [0.1, 0.15) is 0 Å². The Balaban J connectivity index is 1.77. The van der Waals surface area contributed by atoms with E-state index in [9.17, 15) is 13.2 Å². The number of fused-ring (bicyclic) bond motifs is 1. The number of carbonyl (C=O) groups excluding carboxylic acids is 1. The molecule has 6 nitrogen and oxygen atoms in total. The third kappa shape index (κ3) is 3.52.